The van der Waals surface area contributed by atoms with Crippen LogP contribution in [0.15, 0.2) is 36.4 Å². The molecule has 160 valence electrons. The van der Waals surface area contributed by atoms with Crippen molar-refractivity contribution in [3.05, 3.63) is 46.8 Å². The predicted octanol–water partition coefficient (Wildman–Crippen LogP) is 3.74. The van der Waals surface area contributed by atoms with E-state index in [2.05, 4.69) is 10.3 Å². The van der Waals surface area contributed by atoms with E-state index in [0.29, 0.717) is 33.6 Å². The normalized spacial score (nSPS) is 12.8. The fourth-order valence-corrected chi connectivity index (χ4v) is 4.20. The van der Waals surface area contributed by atoms with Gasteiger partial charge >= 0.3 is 0 Å². The Morgan fingerprint density at radius 3 is 2.58 bits per heavy atom. The maximum Gasteiger partial charge on any atom is 0.265 e. The zero-order valence-corrected chi connectivity index (χ0v) is 18.3. The molecule has 2 heterocycles. The van der Waals surface area contributed by atoms with Gasteiger partial charge in [-0.2, -0.15) is 0 Å². The third kappa shape index (κ3) is 3.79. The summed E-state index contributed by atoms with van der Waals surface area (Å²) in [6, 6.07) is 10.7. The van der Waals surface area contributed by atoms with Crippen molar-refractivity contribution in [3.63, 3.8) is 0 Å². The van der Waals surface area contributed by atoms with Gasteiger partial charge in [-0.15, -0.1) is 11.3 Å². The summed E-state index contributed by atoms with van der Waals surface area (Å²) < 4.78 is 16.1. The van der Waals surface area contributed by atoms with Crippen molar-refractivity contribution in [2.24, 2.45) is 0 Å². The molecule has 9 heteroatoms. The number of aromatic nitrogens is 1. The Balaban J connectivity index is 1.64. The Labute approximate surface area is 183 Å². The van der Waals surface area contributed by atoms with Crippen LogP contribution in [0.25, 0.3) is 11.3 Å². The van der Waals surface area contributed by atoms with Gasteiger partial charge < -0.3 is 19.1 Å². The van der Waals surface area contributed by atoms with E-state index in [0.717, 1.165) is 16.1 Å². The van der Waals surface area contributed by atoms with Crippen molar-refractivity contribution in [3.8, 4) is 28.5 Å². The van der Waals surface area contributed by atoms with Crippen molar-refractivity contribution in [2.45, 2.75) is 6.92 Å². The van der Waals surface area contributed by atoms with Gasteiger partial charge in [0.15, 0.2) is 11.7 Å². The molecule has 1 aliphatic heterocycles. The molecule has 0 saturated carbocycles. The SMILES string of the molecule is COc1cccc(OC)c1C(=O)Nc1nc(-c2ccc3c(c2)N(C)C(=O)CO3)c(C)s1. The summed E-state index contributed by atoms with van der Waals surface area (Å²) in [4.78, 5) is 32.0. The van der Waals surface area contributed by atoms with Crippen LogP contribution in [-0.2, 0) is 4.79 Å². The van der Waals surface area contributed by atoms with Gasteiger partial charge in [-0.05, 0) is 37.3 Å². The first-order valence-electron chi connectivity index (χ1n) is 9.46. The van der Waals surface area contributed by atoms with Crippen LogP contribution in [0.3, 0.4) is 0 Å². The molecule has 0 unspecified atom stereocenters. The summed E-state index contributed by atoms with van der Waals surface area (Å²) in [5.41, 5.74) is 2.54. The lowest BCUT2D eigenvalue weighted by atomic mass is 10.1. The molecule has 8 nitrogen and oxygen atoms in total. The number of anilines is 2. The maximum atomic E-state index is 12.9. The van der Waals surface area contributed by atoms with E-state index >= 15 is 0 Å². The molecule has 1 aliphatic rings. The number of carbonyl (C=O) groups excluding carboxylic acids is 2. The number of ether oxygens (including phenoxy) is 3. The van der Waals surface area contributed by atoms with Crippen LogP contribution in [0.5, 0.6) is 17.2 Å². The second-order valence-corrected chi connectivity index (χ2v) is 8.04. The molecule has 1 N–H and O–H groups in total. The number of hydrogen-bond acceptors (Lipinski definition) is 7. The van der Waals surface area contributed by atoms with E-state index in [9.17, 15) is 9.59 Å². The standard InChI is InChI=1S/C22H21N3O5S/c1-12-20(13-8-9-15-14(10-13)25(2)18(26)11-30-15)23-22(31-12)24-21(27)19-16(28-3)6-5-7-17(19)29-4/h5-10H,11H2,1-4H3,(H,23,24,27). The molecule has 0 aliphatic carbocycles. The number of fused-ring (bicyclic) bond motifs is 1. The fourth-order valence-electron chi connectivity index (χ4n) is 3.37. The molecule has 0 atom stereocenters. The molecule has 4 rings (SSSR count). The van der Waals surface area contributed by atoms with Gasteiger partial charge in [-0.3, -0.25) is 14.9 Å². The number of hydrogen-bond donors (Lipinski definition) is 1. The minimum absolute atomic E-state index is 0.0289. The van der Waals surface area contributed by atoms with Crippen LogP contribution in [0.1, 0.15) is 15.2 Å². The molecule has 2 amide bonds. The Bertz CT molecular complexity index is 1150. The minimum atomic E-state index is -0.376. The second-order valence-electron chi connectivity index (χ2n) is 6.84. The molecule has 0 radical (unpaired) electrons. The first kappa shape index (κ1) is 20.7. The third-order valence-electron chi connectivity index (χ3n) is 4.99. The number of methoxy groups -OCH3 is 2. The highest BCUT2D eigenvalue weighted by atomic mass is 32.1. The summed E-state index contributed by atoms with van der Waals surface area (Å²) in [6.45, 7) is 1.96. The summed E-state index contributed by atoms with van der Waals surface area (Å²) in [5.74, 6) is 0.980. The van der Waals surface area contributed by atoms with Gasteiger partial charge in [0, 0.05) is 17.5 Å². The van der Waals surface area contributed by atoms with Crippen molar-refractivity contribution >= 4 is 34.0 Å². The van der Waals surface area contributed by atoms with Crippen molar-refractivity contribution in [2.75, 3.05) is 38.1 Å². The molecule has 31 heavy (non-hydrogen) atoms. The van der Waals surface area contributed by atoms with E-state index in [1.165, 1.54) is 25.6 Å². The van der Waals surface area contributed by atoms with Gasteiger partial charge in [0.05, 0.1) is 25.6 Å². The average molecular weight is 439 g/mol. The van der Waals surface area contributed by atoms with Gasteiger partial charge in [0.2, 0.25) is 0 Å². The van der Waals surface area contributed by atoms with E-state index in [4.69, 9.17) is 14.2 Å². The summed E-state index contributed by atoms with van der Waals surface area (Å²) in [5, 5.41) is 3.28. The van der Waals surface area contributed by atoms with E-state index in [-0.39, 0.29) is 18.4 Å². The van der Waals surface area contributed by atoms with Crippen molar-refractivity contribution < 1.29 is 23.8 Å². The van der Waals surface area contributed by atoms with Crippen LogP contribution in [0.4, 0.5) is 10.8 Å². The number of aryl methyl sites for hydroxylation is 1. The van der Waals surface area contributed by atoms with E-state index < -0.39 is 0 Å². The summed E-state index contributed by atoms with van der Waals surface area (Å²) >= 11 is 1.36. The quantitative estimate of drug-likeness (QED) is 0.651. The van der Waals surface area contributed by atoms with Crippen molar-refractivity contribution in [1.29, 1.82) is 0 Å². The maximum absolute atomic E-state index is 12.9. The Hall–Kier alpha value is -3.59. The molecular formula is C22H21N3O5S. The highest BCUT2D eigenvalue weighted by molar-refractivity contribution is 7.16. The number of nitrogens with zero attached hydrogens (tertiary/aromatic N) is 2. The second kappa shape index (κ2) is 8.27. The Morgan fingerprint density at radius 1 is 1.19 bits per heavy atom. The molecule has 0 fully saturated rings. The Kier molecular flexibility index (Phi) is 5.51. The molecular weight excluding hydrogens is 418 g/mol. The molecule has 0 bridgehead atoms. The van der Waals surface area contributed by atoms with Crippen LogP contribution >= 0.6 is 11.3 Å². The van der Waals surface area contributed by atoms with Gasteiger partial charge in [0.1, 0.15) is 22.8 Å². The average Bonchev–Trinajstić information content (AvgIpc) is 3.15. The van der Waals surface area contributed by atoms with E-state index in [1.54, 1.807) is 30.1 Å². The number of benzene rings is 2. The monoisotopic (exact) mass is 439 g/mol. The summed E-state index contributed by atoms with van der Waals surface area (Å²) in [7, 11) is 4.71. The van der Waals surface area contributed by atoms with Crippen molar-refractivity contribution in [1.82, 2.24) is 4.98 Å². The molecule has 3 aromatic rings. The minimum Gasteiger partial charge on any atom is -0.496 e. The van der Waals surface area contributed by atoms with Gasteiger partial charge in [0.25, 0.3) is 11.8 Å². The number of likely N-dealkylation sites (N-methyl/N-ethyl adjacent to an activating group) is 1. The molecule has 1 aromatic heterocycles. The highest BCUT2D eigenvalue weighted by Gasteiger charge is 2.24. The Morgan fingerprint density at radius 2 is 1.90 bits per heavy atom. The predicted molar refractivity (Wildman–Crippen MR) is 119 cm³/mol. The largest absolute Gasteiger partial charge is 0.496 e. The fraction of sp³-hybridized carbons (Fsp3) is 0.227. The number of amides is 2. The number of carbonyl (C=O) groups is 2. The smallest absolute Gasteiger partial charge is 0.265 e. The number of nitrogens with one attached hydrogen (secondary N) is 1. The zero-order valence-electron chi connectivity index (χ0n) is 17.5. The topological polar surface area (TPSA) is 90.0 Å². The molecule has 2 aromatic carbocycles. The van der Waals surface area contributed by atoms with Crippen LogP contribution in [0.2, 0.25) is 0 Å². The van der Waals surface area contributed by atoms with Crippen LogP contribution in [-0.4, -0.2) is 44.7 Å². The molecule has 0 spiro atoms. The first-order chi connectivity index (χ1) is 14.9. The molecule has 0 saturated heterocycles. The van der Waals surface area contributed by atoms with Gasteiger partial charge in [-0.1, -0.05) is 6.07 Å². The lowest BCUT2D eigenvalue weighted by Crippen LogP contribution is -2.35. The summed E-state index contributed by atoms with van der Waals surface area (Å²) in [6.07, 6.45) is 0. The number of rotatable bonds is 5. The lowest BCUT2D eigenvalue weighted by Gasteiger charge is -2.26. The zero-order chi connectivity index (χ0) is 22.1. The van der Waals surface area contributed by atoms with Crippen LogP contribution in [0, 0.1) is 6.92 Å². The lowest BCUT2D eigenvalue weighted by molar-refractivity contribution is -0.120. The van der Waals surface area contributed by atoms with E-state index in [1.807, 2.05) is 25.1 Å². The third-order valence-corrected chi connectivity index (χ3v) is 5.88. The highest BCUT2D eigenvalue weighted by Crippen LogP contribution is 2.38. The van der Waals surface area contributed by atoms with Gasteiger partial charge in [-0.25, -0.2) is 4.98 Å². The number of thiazole rings is 1. The first-order valence-corrected chi connectivity index (χ1v) is 10.3. The van der Waals surface area contributed by atoms with Crippen LogP contribution < -0.4 is 24.4 Å².